The first-order chi connectivity index (χ1) is 6.70. The average molecular weight is 201 g/mol. The van der Waals surface area contributed by atoms with Crippen molar-refractivity contribution in [3.8, 4) is 0 Å². The van der Waals surface area contributed by atoms with Gasteiger partial charge in [0.1, 0.15) is 11.6 Å². The number of ether oxygens (including phenoxy) is 1. The lowest BCUT2D eigenvalue weighted by molar-refractivity contribution is 0.201. The fourth-order valence-corrected chi connectivity index (χ4v) is 1.31. The summed E-state index contributed by atoms with van der Waals surface area (Å²) in [7, 11) is 3.09. The van der Waals surface area contributed by atoms with E-state index in [1.54, 1.807) is 7.05 Å². The topological polar surface area (TPSA) is 21.3 Å². The molecule has 0 saturated carbocycles. The van der Waals surface area contributed by atoms with Gasteiger partial charge in [-0.1, -0.05) is 0 Å². The number of nitrogens with one attached hydrogen (secondary N) is 1. The molecule has 0 fully saturated rings. The second kappa shape index (κ2) is 4.91. The SMILES string of the molecule is CNc1c(F)ccc(F)c1CCOC. The minimum atomic E-state index is -0.444. The second-order valence-electron chi connectivity index (χ2n) is 2.88. The fraction of sp³-hybridized carbons (Fsp3) is 0.400. The smallest absolute Gasteiger partial charge is 0.146 e. The highest BCUT2D eigenvalue weighted by molar-refractivity contribution is 5.52. The first-order valence-electron chi connectivity index (χ1n) is 4.34. The van der Waals surface area contributed by atoms with Crippen LogP contribution in [0.2, 0.25) is 0 Å². The van der Waals surface area contributed by atoms with Gasteiger partial charge in [-0.05, 0) is 12.1 Å². The zero-order valence-corrected chi connectivity index (χ0v) is 8.23. The van der Waals surface area contributed by atoms with Gasteiger partial charge >= 0.3 is 0 Å². The first-order valence-corrected chi connectivity index (χ1v) is 4.34. The third kappa shape index (κ3) is 2.20. The maximum Gasteiger partial charge on any atom is 0.146 e. The van der Waals surface area contributed by atoms with Gasteiger partial charge in [0.25, 0.3) is 0 Å². The lowest BCUT2D eigenvalue weighted by atomic mass is 10.1. The zero-order chi connectivity index (χ0) is 10.6. The molecule has 0 bridgehead atoms. The van der Waals surface area contributed by atoms with E-state index < -0.39 is 11.6 Å². The predicted octanol–water partition coefficient (Wildman–Crippen LogP) is 2.20. The molecule has 0 heterocycles. The molecule has 0 aliphatic carbocycles. The van der Waals surface area contributed by atoms with Crippen LogP contribution in [0, 0.1) is 11.6 Å². The number of methoxy groups -OCH3 is 1. The molecule has 0 amide bonds. The Kier molecular flexibility index (Phi) is 3.83. The van der Waals surface area contributed by atoms with E-state index in [0.29, 0.717) is 18.6 Å². The molecule has 0 aliphatic heterocycles. The maximum absolute atomic E-state index is 13.3. The molecule has 14 heavy (non-hydrogen) atoms. The molecule has 0 spiro atoms. The largest absolute Gasteiger partial charge is 0.385 e. The molecule has 2 nitrogen and oxygen atoms in total. The summed E-state index contributed by atoms with van der Waals surface area (Å²) in [5.74, 6) is -0.854. The summed E-state index contributed by atoms with van der Waals surface area (Å²) in [5.41, 5.74) is 0.538. The summed E-state index contributed by atoms with van der Waals surface area (Å²) >= 11 is 0. The Morgan fingerprint density at radius 1 is 1.29 bits per heavy atom. The number of rotatable bonds is 4. The minimum absolute atomic E-state index is 0.210. The predicted molar refractivity (Wildman–Crippen MR) is 51.5 cm³/mol. The first kappa shape index (κ1) is 10.9. The van der Waals surface area contributed by atoms with Crippen LogP contribution in [0.3, 0.4) is 0 Å². The van der Waals surface area contributed by atoms with Gasteiger partial charge in [0, 0.05) is 26.1 Å². The van der Waals surface area contributed by atoms with Crippen molar-refractivity contribution in [1.29, 1.82) is 0 Å². The fourth-order valence-electron chi connectivity index (χ4n) is 1.31. The molecule has 4 heteroatoms. The van der Waals surface area contributed by atoms with Crippen LogP contribution < -0.4 is 5.32 Å². The van der Waals surface area contributed by atoms with Crippen molar-refractivity contribution < 1.29 is 13.5 Å². The number of hydrogen-bond donors (Lipinski definition) is 1. The summed E-state index contributed by atoms with van der Waals surface area (Å²) in [6, 6.07) is 2.23. The lowest BCUT2D eigenvalue weighted by Crippen LogP contribution is -2.05. The Hall–Kier alpha value is -1.16. The lowest BCUT2D eigenvalue weighted by Gasteiger charge is -2.10. The highest BCUT2D eigenvalue weighted by Crippen LogP contribution is 2.22. The summed E-state index contributed by atoms with van der Waals surface area (Å²) in [6.07, 6.45) is 0.357. The average Bonchev–Trinajstić information content (AvgIpc) is 2.19. The van der Waals surface area contributed by atoms with Crippen molar-refractivity contribution in [2.24, 2.45) is 0 Å². The van der Waals surface area contributed by atoms with Crippen molar-refractivity contribution in [2.75, 3.05) is 26.1 Å². The molecule has 0 saturated heterocycles. The number of hydrogen-bond acceptors (Lipinski definition) is 2. The van der Waals surface area contributed by atoms with Crippen LogP contribution in [0.5, 0.6) is 0 Å². The molecule has 1 rings (SSSR count). The second-order valence-corrected chi connectivity index (χ2v) is 2.88. The quantitative estimate of drug-likeness (QED) is 0.806. The third-order valence-corrected chi connectivity index (χ3v) is 2.01. The molecule has 1 aromatic rings. The summed E-state index contributed by atoms with van der Waals surface area (Å²) in [6.45, 7) is 0.370. The van der Waals surface area contributed by atoms with Crippen LogP contribution in [-0.4, -0.2) is 20.8 Å². The summed E-state index contributed by atoms with van der Waals surface area (Å²) < 4.78 is 31.3. The number of anilines is 1. The van der Waals surface area contributed by atoms with Gasteiger partial charge in [0.2, 0.25) is 0 Å². The van der Waals surface area contributed by atoms with E-state index in [9.17, 15) is 8.78 Å². The van der Waals surface area contributed by atoms with Crippen LogP contribution >= 0.6 is 0 Å². The van der Waals surface area contributed by atoms with Gasteiger partial charge in [0.15, 0.2) is 0 Å². The zero-order valence-electron chi connectivity index (χ0n) is 8.23. The molecule has 0 atom stereocenters. The van der Waals surface area contributed by atoms with Crippen molar-refractivity contribution in [3.63, 3.8) is 0 Å². The van der Waals surface area contributed by atoms with E-state index in [0.717, 1.165) is 12.1 Å². The van der Waals surface area contributed by atoms with Gasteiger partial charge in [-0.2, -0.15) is 0 Å². The molecular formula is C10H13F2NO. The number of benzene rings is 1. The van der Waals surface area contributed by atoms with Crippen molar-refractivity contribution >= 4 is 5.69 Å². The van der Waals surface area contributed by atoms with E-state index in [-0.39, 0.29) is 5.69 Å². The molecule has 0 aliphatic rings. The normalized spacial score (nSPS) is 10.3. The van der Waals surface area contributed by atoms with Crippen LogP contribution in [-0.2, 0) is 11.2 Å². The van der Waals surface area contributed by atoms with Gasteiger partial charge in [-0.15, -0.1) is 0 Å². The monoisotopic (exact) mass is 201 g/mol. The van der Waals surface area contributed by atoms with E-state index in [1.165, 1.54) is 7.11 Å². The van der Waals surface area contributed by atoms with Crippen molar-refractivity contribution in [2.45, 2.75) is 6.42 Å². The van der Waals surface area contributed by atoms with E-state index >= 15 is 0 Å². The van der Waals surface area contributed by atoms with Crippen molar-refractivity contribution in [1.82, 2.24) is 0 Å². The molecule has 1 aromatic carbocycles. The van der Waals surface area contributed by atoms with Crippen LogP contribution in [0.15, 0.2) is 12.1 Å². The van der Waals surface area contributed by atoms with Gasteiger partial charge in [-0.25, -0.2) is 8.78 Å². The standard InChI is InChI=1S/C10H13F2NO/c1-13-10-7(5-6-14-2)8(11)3-4-9(10)12/h3-4,13H,5-6H2,1-2H3. The Morgan fingerprint density at radius 2 is 1.93 bits per heavy atom. The van der Waals surface area contributed by atoms with E-state index in [4.69, 9.17) is 4.74 Å². The molecule has 78 valence electrons. The molecule has 0 aromatic heterocycles. The van der Waals surface area contributed by atoms with Gasteiger partial charge in [-0.3, -0.25) is 0 Å². The molecular weight excluding hydrogens is 188 g/mol. The highest BCUT2D eigenvalue weighted by atomic mass is 19.1. The maximum atomic E-state index is 13.3. The number of halogens is 2. The van der Waals surface area contributed by atoms with Crippen LogP contribution in [0.25, 0.3) is 0 Å². The Morgan fingerprint density at radius 3 is 2.50 bits per heavy atom. The highest BCUT2D eigenvalue weighted by Gasteiger charge is 2.11. The van der Waals surface area contributed by atoms with Gasteiger partial charge in [0.05, 0.1) is 12.3 Å². The van der Waals surface area contributed by atoms with E-state index in [1.807, 2.05) is 0 Å². The van der Waals surface area contributed by atoms with Gasteiger partial charge < -0.3 is 10.1 Å². The third-order valence-electron chi connectivity index (χ3n) is 2.01. The molecule has 1 N–H and O–H groups in total. The minimum Gasteiger partial charge on any atom is -0.385 e. The summed E-state index contributed by atoms with van der Waals surface area (Å²) in [5, 5.41) is 2.64. The summed E-state index contributed by atoms with van der Waals surface area (Å²) in [4.78, 5) is 0. The molecule has 0 unspecified atom stereocenters. The Labute approximate surface area is 81.9 Å². The van der Waals surface area contributed by atoms with E-state index in [2.05, 4.69) is 5.32 Å². The van der Waals surface area contributed by atoms with Crippen molar-refractivity contribution in [3.05, 3.63) is 29.3 Å². The molecule has 0 radical (unpaired) electrons. The van der Waals surface area contributed by atoms with Crippen LogP contribution in [0.4, 0.5) is 14.5 Å². The van der Waals surface area contributed by atoms with Crippen LogP contribution in [0.1, 0.15) is 5.56 Å². The Bertz CT molecular complexity index is 315. The Balaban J connectivity index is 3.03.